The summed E-state index contributed by atoms with van der Waals surface area (Å²) in [5.74, 6) is 0.905. The third kappa shape index (κ3) is 1.50. The van der Waals surface area contributed by atoms with Crippen molar-refractivity contribution in [1.29, 1.82) is 0 Å². The summed E-state index contributed by atoms with van der Waals surface area (Å²) in [6.45, 7) is 0.991. The zero-order chi connectivity index (χ0) is 16.6. The summed E-state index contributed by atoms with van der Waals surface area (Å²) in [5.41, 5.74) is 2.85. The van der Waals surface area contributed by atoms with E-state index in [-0.39, 0.29) is 17.4 Å². The molecule has 5 nitrogen and oxygen atoms in total. The minimum Gasteiger partial charge on any atom is -0.485 e. The molecule has 126 valence electrons. The number of benzene rings is 1. The second-order valence-corrected chi connectivity index (χ2v) is 7.54. The van der Waals surface area contributed by atoms with E-state index in [4.69, 9.17) is 4.74 Å². The molecule has 24 heavy (non-hydrogen) atoms. The highest BCUT2D eigenvalue weighted by Crippen LogP contribution is 2.61. The van der Waals surface area contributed by atoms with Crippen LogP contribution in [-0.4, -0.2) is 54.8 Å². The highest BCUT2D eigenvalue weighted by atomic mass is 16.5. The molecule has 1 spiro atoms. The molecule has 2 heterocycles. The van der Waals surface area contributed by atoms with Gasteiger partial charge in [-0.25, -0.2) is 0 Å². The number of likely N-dealkylation sites (tertiary alicyclic amines) is 1. The van der Waals surface area contributed by atoms with E-state index in [0.717, 1.165) is 19.4 Å². The molecule has 0 saturated carbocycles. The van der Waals surface area contributed by atoms with Crippen LogP contribution in [0.25, 0.3) is 0 Å². The number of nitrogens with one attached hydrogen (secondary N) is 1. The van der Waals surface area contributed by atoms with Crippen molar-refractivity contribution in [3.05, 3.63) is 41.0 Å². The first kappa shape index (κ1) is 14.5. The summed E-state index contributed by atoms with van der Waals surface area (Å²) in [6, 6.07) is 4.39. The fraction of sp³-hybridized carbons (Fsp3) is 0.526. The summed E-state index contributed by atoms with van der Waals surface area (Å²) >= 11 is 0. The molecule has 1 aromatic rings. The van der Waals surface area contributed by atoms with Crippen molar-refractivity contribution in [1.82, 2.24) is 10.2 Å². The topological polar surface area (TPSA) is 61.8 Å². The van der Waals surface area contributed by atoms with E-state index in [0.29, 0.717) is 23.3 Å². The quantitative estimate of drug-likeness (QED) is 0.751. The first-order chi connectivity index (χ1) is 11.6. The number of ether oxygens (including phenoxy) is 1. The lowest BCUT2D eigenvalue weighted by molar-refractivity contribution is -0.0451. The molecule has 2 bridgehead atoms. The van der Waals surface area contributed by atoms with Gasteiger partial charge in [-0.2, -0.15) is 0 Å². The van der Waals surface area contributed by atoms with Crippen LogP contribution < -0.4 is 10.1 Å². The Morgan fingerprint density at radius 3 is 3.04 bits per heavy atom. The molecule has 5 heteroatoms. The van der Waals surface area contributed by atoms with Crippen molar-refractivity contribution in [2.75, 3.05) is 20.6 Å². The SMILES string of the molecule is CNC(=O)c1ccc2c3c1O[C@H]1[C@@H](O)C=C[C@H]4[C@@H](C2)N(C)CC[C@@]341. The van der Waals surface area contributed by atoms with Crippen LogP contribution in [0, 0.1) is 5.92 Å². The van der Waals surface area contributed by atoms with E-state index in [9.17, 15) is 9.90 Å². The van der Waals surface area contributed by atoms with E-state index >= 15 is 0 Å². The molecule has 1 saturated heterocycles. The van der Waals surface area contributed by atoms with Crippen LogP contribution in [0.1, 0.15) is 27.9 Å². The number of aliphatic hydroxyl groups is 1. The number of likely N-dealkylation sites (N-methyl/N-ethyl adjacent to an activating group) is 1. The molecule has 0 aromatic heterocycles. The lowest BCUT2D eigenvalue weighted by atomic mass is 9.53. The number of nitrogens with zero attached hydrogens (tertiary/aromatic N) is 1. The Balaban J connectivity index is 1.80. The number of aliphatic hydroxyl groups excluding tert-OH is 1. The predicted octanol–water partition coefficient (Wildman–Crippen LogP) is 0.852. The van der Waals surface area contributed by atoms with Crippen molar-refractivity contribution in [3.63, 3.8) is 0 Å². The van der Waals surface area contributed by atoms with Gasteiger partial charge in [-0.05, 0) is 38.1 Å². The van der Waals surface area contributed by atoms with Crippen LogP contribution in [0.4, 0.5) is 0 Å². The number of carbonyl (C=O) groups is 1. The Kier molecular flexibility index (Phi) is 2.78. The maximum absolute atomic E-state index is 12.3. The van der Waals surface area contributed by atoms with Crippen LogP contribution >= 0.6 is 0 Å². The number of amides is 1. The smallest absolute Gasteiger partial charge is 0.254 e. The number of rotatable bonds is 1. The van der Waals surface area contributed by atoms with E-state index in [2.05, 4.69) is 29.4 Å². The number of hydrogen-bond acceptors (Lipinski definition) is 4. The molecular formula is C19H22N2O3. The second-order valence-electron chi connectivity index (χ2n) is 7.54. The minimum atomic E-state index is -0.624. The van der Waals surface area contributed by atoms with Crippen LogP contribution in [0.3, 0.4) is 0 Å². The Labute approximate surface area is 141 Å². The van der Waals surface area contributed by atoms with Gasteiger partial charge < -0.3 is 20.1 Å². The van der Waals surface area contributed by atoms with E-state index < -0.39 is 6.10 Å². The van der Waals surface area contributed by atoms with E-state index in [1.807, 2.05) is 12.1 Å². The van der Waals surface area contributed by atoms with Crippen LogP contribution in [0.2, 0.25) is 0 Å². The molecule has 4 aliphatic rings. The number of hydrogen-bond donors (Lipinski definition) is 2. The average Bonchev–Trinajstić information content (AvgIpc) is 2.94. The third-order valence-corrected chi connectivity index (χ3v) is 6.64. The van der Waals surface area contributed by atoms with Gasteiger partial charge in [-0.3, -0.25) is 4.79 Å². The summed E-state index contributed by atoms with van der Waals surface area (Å²) in [5, 5.41) is 13.3. The summed E-state index contributed by atoms with van der Waals surface area (Å²) < 4.78 is 6.30. The van der Waals surface area contributed by atoms with E-state index in [1.165, 1.54) is 11.1 Å². The maximum Gasteiger partial charge on any atom is 0.254 e. The Hall–Kier alpha value is -1.85. The molecule has 2 aliphatic heterocycles. The molecule has 5 rings (SSSR count). The Bertz CT molecular complexity index is 774. The van der Waals surface area contributed by atoms with Crippen molar-refractivity contribution in [2.24, 2.45) is 5.92 Å². The first-order valence-electron chi connectivity index (χ1n) is 8.69. The zero-order valence-electron chi connectivity index (χ0n) is 14.0. The Morgan fingerprint density at radius 2 is 2.25 bits per heavy atom. The van der Waals surface area contributed by atoms with Crippen LogP contribution in [-0.2, 0) is 11.8 Å². The van der Waals surface area contributed by atoms with Gasteiger partial charge in [0.2, 0.25) is 0 Å². The van der Waals surface area contributed by atoms with Gasteiger partial charge in [0.15, 0.2) is 0 Å². The lowest BCUT2D eigenvalue weighted by Gasteiger charge is -2.56. The standard InChI is InChI=1S/C19H22N2O3/c1-20-18(23)11-4-3-10-9-13-12-5-6-14(22)17-19(12,7-8-21(13)2)15(10)16(11)24-17/h3-6,12-14,17,22H,7-9H2,1-2H3,(H,20,23)/t12-,13+,14-,17-,19-/m0/s1. The summed E-state index contributed by atoms with van der Waals surface area (Å²) in [6.07, 6.45) is 5.08. The molecular weight excluding hydrogens is 304 g/mol. The number of piperidine rings is 1. The zero-order valence-corrected chi connectivity index (χ0v) is 14.0. The van der Waals surface area contributed by atoms with Crippen molar-refractivity contribution in [3.8, 4) is 5.75 Å². The Morgan fingerprint density at radius 1 is 1.42 bits per heavy atom. The molecule has 2 N–H and O–H groups in total. The van der Waals surface area contributed by atoms with E-state index in [1.54, 1.807) is 7.05 Å². The summed E-state index contributed by atoms with van der Waals surface area (Å²) in [4.78, 5) is 14.7. The largest absolute Gasteiger partial charge is 0.485 e. The first-order valence-corrected chi connectivity index (χ1v) is 8.69. The van der Waals surface area contributed by atoms with Crippen LogP contribution in [0.5, 0.6) is 5.75 Å². The normalized spacial score (nSPS) is 38.5. The maximum atomic E-state index is 12.3. The number of carbonyl (C=O) groups excluding carboxylic acids is 1. The third-order valence-electron chi connectivity index (χ3n) is 6.64. The molecule has 0 unspecified atom stereocenters. The molecule has 1 amide bonds. The highest BCUT2D eigenvalue weighted by Gasteiger charge is 2.64. The van der Waals surface area contributed by atoms with Crippen molar-refractivity contribution >= 4 is 5.91 Å². The van der Waals surface area contributed by atoms with Gasteiger partial charge in [0, 0.05) is 30.0 Å². The second kappa shape index (κ2) is 4.61. The van der Waals surface area contributed by atoms with Gasteiger partial charge in [0.1, 0.15) is 18.0 Å². The molecule has 1 fully saturated rings. The minimum absolute atomic E-state index is 0.128. The van der Waals surface area contributed by atoms with Gasteiger partial charge >= 0.3 is 0 Å². The fourth-order valence-electron chi connectivity index (χ4n) is 5.57. The molecule has 2 aliphatic carbocycles. The van der Waals surface area contributed by atoms with Gasteiger partial charge in [0.25, 0.3) is 5.91 Å². The predicted molar refractivity (Wildman–Crippen MR) is 89.3 cm³/mol. The lowest BCUT2D eigenvalue weighted by Crippen LogP contribution is -2.64. The fourth-order valence-corrected chi connectivity index (χ4v) is 5.57. The molecule has 1 aromatic carbocycles. The van der Waals surface area contributed by atoms with Gasteiger partial charge in [-0.1, -0.05) is 18.2 Å². The van der Waals surface area contributed by atoms with Crippen molar-refractivity contribution < 1.29 is 14.6 Å². The van der Waals surface area contributed by atoms with Crippen LogP contribution in [0.15, 0.2) is 24.3 Å². The van der Waals surface area contributed by atoms with Crippen molar-refractivity contribution in [2.45, 2.75) is 36.5 Å². The monoisotopic (exact) mass is 326 g/mol. The molecule has 0 radical (unpaired) electrons. The summed E-state index contributed by atoms with van der Waals surface area (Å²) in [7, 11) is 3.83. The average molecular weight is 326 g/mol. The van der Waals surface area contributed by atoms with Gasteiger partial charge in [0.05, 0.1) is 5.56 Å². The van der Waals surface area contributed by atoms with Gasteiger partial charge in [-0.15, -0.1) is 0 Å². The molecule has 5 atom stereocenters. The highest BCUT2D eigenvalue weighted by molar-refractivity contribution is 5.98.